The van der Waals surface area contributed by atoms with Crippen LogP contribution in [0.4, 0.5) is 0 Å². The van der Waals surface area contributed by atoms with E-state index in [-0.39, 0.29) is 0 Å². The summed E-state index contributed by atoms with van der Waals surface area (Å²) >= 11 is 0. The van der Waals surface area contributed by atoms with Gasteiger partial charge in [0.1, 0.15) is 0 Å². The molecule has 106 valence electrons. The van der Waals surface area contributed by atoms with E-state index < -0.39 is 0 Å². The average molecular weight is 268 g/mol. The summed E-state index contributed by atoms with van der Waals surface area (Å²) < 4.78 is 0. The van der Waals surface area contributed by atoms with Crippen LogP contribution in [0.25, 0.3) is 0 Å². The van der Waals surface area contributed by atoms with Crippen LogP contribution in [-0.2, 0) is 0 Å². The van der Waals surface area contributed by atoms with Crippen molar-refractivity contribution in [2.45, 2.75) is 51.6 Å². The van der Waals surface area contributed by atoms with Crippen LogP contribution < -0.4 is 5.32 Å². The summed E-state index contributed by atoms with van der Waals surface area (Å²) in [5.74, 6) is 2.85. The summed E-state index contributed by atoms with van der Waals surface area (Å²) in [6.07, 6.45) is 5.83. The number of fused-ring (bicyclic) bond motifs is 2. The lowest BCUT2D eigenvalue weighted by Gasteiger charge is -2.31. The maximum Gasteiger partial charge on any atom is 0.0991 e. The summed E-state index contributed by atoms with van der Waals surface area (Å²) in [7, 11) is 0. The van der Waals surface area contributed by atoms with Gasteiger partial charge < -0.3 is 5.32 Å². The predicted octanol–water partition coefficient (Wildman–Crippen LogP) is 4.03. The van der Waals surface area contributed by atoms with E-state index in [2.05, 4.69) is 37.4 Å². The summed E-state index contributed by atoms with van der Waals surface area (Å²) in [4.78, 5) is 0. The van der Waals surface area contributed by atoms with Gasteiger partial charge in [0.2, 0.25) is 0 Å². The van der Waals surface area contributed by atoms with Crippen LogP contribution in [0.5, 0.6) is 0 Å². The Morgan fingerprint density at radius 2 is 1.90 bits per heavy atom. The van der Waals surface area contributed by atoms with E-state index >= 15 is 0 Å². The quantitative estimate of drug-likeness (QED) is 0.894. The van der Waals surface area contributed by atoms with E-state index in [1.807, 2.05) is 12.1 Å². The molecule has 0 radical (unpaired) electrons. The molecule has 20 heavy (non-hydrogen) atoms. The summed E-state index contributed by atoms with van der Waals surface area (Å²) in [6, 6.07) is 11.1. The molecular formula is C18H24N2. The van der Waals surface area contributed by atoms with Crippen molar-refractivity contribution in [1.82, 2.24) is 5.32 Å². The zero-order chi connectivity index (χ0) is 14.1. The molecule has 0 saturated heterocycles. The van der Waals surface area contributed by atoms with E-state index in [4.69, 9.17) is 5.26 Å². The minimum absolute atomic E-state index is 0.358. The highest BCUT2D eigenvalue weighted by Gasteiger charge is 2.41. The van der Waals surface area contributed by atoms with Gasteiger partial charge in [-0.1, -0.05) is 18.6 Å². The summed E-state index contributed by atoms with van der Waals surface area (Å²) in [5.41, 5.74) is 2.01. The van der Waals surface area contributed by atoms with Crippen molar-refractivity contribution >= 4 is 0 Å². The summed E-state index contributed by atoms with van der Waals surface area (Å²) in [6.45, 7) is 4.58. The molecule has 2 aliphatic carbocycles. The van der Waals surface area contributed by atoms with E-state index in [9.17, 15) is 0 Å². The molecular weight excluding hydrogens is 244 g/mol. The minimum atomic E-state index is 0.358. The van der Waals surface area contributed by atoms with Gasteiger partial charge in [0.15, 0.2) is 0 Å². The first kappa shape index (κ1) is 13.6. The fourth-order valence-corrected chi connectivity index (χ4v) is 4.37. The minimum Gasteiger partial charge on any atom is -0.307 e. The van der Waals surface area contributed by atoms with Gasteiger partial charge in [0.25, 0.3) is 0 Å². The highest BCUT2D eigenvalue weighted by Crippen LogP contribution is 2.49. The first-order valence-corrected chi connectivity index (χ1v) is 7.93. The molecule has 2 aliphatic rings. The number of nitrogens with zero attached hydrogens (tertiary/aromatic N) is 1. The van der Waals surface area contributed by atoms with Crippen molar-refractivity contribution in [2.75, 3.05) is 0 Å². The monoisotopic (exact) mass is 268 g/mol. The Bertz CT molecular complexity index is 499. The lowest BCUT2D eigenvalue weighted by atomic mass is 9.83. The van der Waals surface area contributed by atoms with Gasteiger partial charge in [-0.2, -0.15) is 5.26 Å². The molecule has 1 aromatic carbocycles. The third-order valence-corrected chi connectivity index (χ3v) is 5.49. The molecule has 0 aliphatic heterocycles. The highest BCUT2D eigenvalue weighted by atomic mass is 14.9. The second-order valence-electron chi connectivity index (χ2n) is 6.75. The van der Waals surface area contributed by atoms with Crippen molar-refractivity contribution in [3.63, 3.8) is 0 Å². The molecule has 0 amide bonds. The Hall–Kier alpha value is -1.33. The Morgan fingerprint density at radius 1 is 1.15 bits per heavy atom. The fourth-order valence-electron chi connectivity index (χ4n) is 4.37. The van der Waals surface area contributed by atoms with Crippen molar-refractivity contribution < 1.29 is 0 Å². The van der Waals surface area contributed by atoms with Gasteiger partial charge in [-0.15, -0.1) is 0 Å². The molecule has 2 nitrogen and oxygen atoms in total. The van der Waals surface area contributed by atoms with Gasteiger partial charge in [-0.25, -0.2) is 0 Å². The molecule has 1 aromatic rings. The number of rotatable bonds is 4. The number of hydrogen-bond donors (Lipinski definition) is 1. The topological polar surface area (TPSA) is 35.8 Å². The van der Waals surface area contributed by atoms with Crippen molar-refractivity contribution in [3.05, 3.63) is 35.4 Å². The zero-order valence-corrected chi connectivity index (χ0v) is 12.5. The van der Waals surface area contributed by atoms with Crippen LogP contribution in [0, 0.1) is 29.1 Å². The molecule has 0 heterocycles. The number of benzene rings is 1. The molecule has 2 heteroatoms. The number of hydrogen-bond acceptors (Lipinski definition) is 2. The van der Waals surface area contributed by atoms with Gasteiger partial charge >= 0.3 is 0 Å². The van der Waals surface area contributed by atoms with Crippen LogP contribution in [0.2, 0.25) is 0 Å². The Balaban J connectivity index is 1.60. The highest BCUT2D eigenvalue weighted by molar-refractivity contribution is 5.32. The molecule has 2 bridgehead atoms. The number of nitriles is 1. The first-order valence-electron chi connectivity index (χ1n) is 7.93. The SMILES string of the molecule is CC(NC(C)C1CC2CCC1C2)c1ccc(C#N)cc1. The summed E-state index contributed by atoms with van der Waals surface area (Å²) in [5, 5.41) is 12.6. The van der Waals surface area contributed by atoms with Gasteiger partial charge in [-0.3, -0.25) is 0 Å². The third kappa shape index (κ3) is 2.60. The van der Waals surface area contributed by atoms with Crippen molar-refractivity contribution in [3.8, 4) is 6.07 Å². The lowest BCUT2D eigenvalue weighted by Crippen LogP contribution is -2.37. The first-order chi connectivity index (χ1) is 9.67. The van der Waals surface area contributed by atoms with Gasteiger partial charge in [0, 0.05) is 12.1 Å². The van der Waals surface area contributed by atoms with Crippen LogP contribution in [0.15, 0.2) is 24.3 Å². The van der Waals surface area contributed by atoms with E-state index in [0.717, 1.165) is 23.3 Å². The van der Waals surface area contributed by atoms with E-state index in [1.54, 1.807) is 0 Å². The normalized spacial score (nSPS) is 30.9. The zero-order valence-electron chi connectivity index (χ0n) is 12.5. The Morgan fingerprint density at radius 3 is 2.45 bits per heavy atom. The van der Waals surface area contributed by atoms with Gasteiger partial charge in [0.05, 0.1) is 11.6 Å². The molecule has 1 N–H and O–H groups in total. The lowest BCUT2D eigenvalue weighted by molar-refractivity contribution is 0.248. The van der Waals surface area contributed by atoms with Crippen molar-refractivity contribution in [1.29, 1.82) is 5.26 Å². The van der Waals surface area contributed by atoms with Crippen molar-refractivity contribution in [2.24, 2.45) is 17.8 Å². The molecule has 2 fully saturated rings. The van der Waals surface area contributed by atoms with Crippen LogP contribution in [0.1, 0.15) is 56.7 Å². The maximum absolute atomic E-state index is 8.85. The Kier molecular flexibility index (Phi) is 3.81. The average Bonchev–Trinajstić information content (AvgIpc) is 3.10. The van der Waals surface area contributed by atoms with Crippen LogP contribution >= 0.6 is 0 Å². The van der Waals surface area contributed by atoms with Gasteiger partial charge in [-0.05, 0) is 68.6 Å². The maximum atomic E-state index is 8.85. The molecule has 5 unspecified atom stereocenters. The largest absolute Gasteiger partial charge is 0.307 e. The molecule has 5 atom stereocenters. The third-order valence-electron chi connectivity index (χ3n) is 5.49. The van der Waals surface area contributed by atoms with E-state index in [1.165, 1.54) is 31.2 Å². The van der Waals surface area contributed by atoms with Crippen LogP contribution in [0.3, 0.4) is 0 Å². The number of nitrogens with one attached hydrogen (secondary N) is 1. The molecule has 0 aromatic heterocycles. The van der Waals surface area contributed by atoms with E-state index in [0.29, 0.717) is 12.1 Å². The second kappa shape index (κ2) is 5.58. The fraction of sp³-hybridized carbons (Fsp3) is 0.611. The molecule has 2 saturated carbocycles. The molecule has 0 spiro atoms. The standard InChI is InChI=1S/C18H24N2/c1-12(16-6-3-14(11-19)4-7-16)20-13(2)18-10-15-5-8-17(18)9-15/h3-4,6-7,12-13,15,17-18,20H,5,8-10H2,1-2H3. The smallest absolute Gasteiger partial charge is 0.0991 e. The Labute approximate surface area is 122 Å². The predicted molar refractivity (Wildman–Crippen MR) is 81.1 cm³/mol. The molecule has 3 rings (SSSR count). The second-order valence-corrected chi connectivity index (χ2v) is 6.75. The van der Waals surface area contributed by atoms with Crippen LogP contribution in [-0.4, -0.2) is 6.04 Å².